The molecular weight excluding hydrogens is 334 g/mol. The second-order valence-corrected chi connectivity index (χ2v) is 8.20. The molecule has 2 heterocycles. The third-order valence-corrected chi connectivity index (χ3v) is 6.12. The minimum Gasteiger partial charge on any atom is -0.352 e. The van der Waals surface area contributed by atoms with Crippen molar-refractivity contribution in [3.8, 4) is 0 Å². The molecule has 6 heteroatoms. The summed E-state index contributed by atoms with van der Waals surface area (Å²) in [6.45, 7) is 2.23. The average molecular weight is 364 g/mol. The first-order valence-electron chi connectivity index (χ1n) is 9.57. The number of thiophene rings is 1. The van der Waals surface area contributed by atoms with E-state index >= 15 is 0 Å². The maximum absolute atomic E-state index is 12.3. The van der Waals surface area contributed by atoms with Gasteiger partial charge < -0.3 is 10.6 Å². The van der Waals surface area contributed by atoms with Crippen molar-refractivity contribution in [3.05, 3.63) is 22.4 Å². The van der Waals surface area contributed by atoms with Crippen LogP contribution in [-0.4, -0.2) is 48.4 Å². The molecule has 2 N–H and O–H groups in total. The zero-order valence-electron chi connectivity index (χ0n) is 14.8. The lowest BCUT2D eigenvalue weighted by molar-refractivity contribution is -0.123. The molecule has 1 saturated heterocycles. The van der Waals surface area contributed by atoms with E-state index in [-0.39, 0.29) is 17.9 Å². The molecule has 5 nitrogen and oxygen atoms in total. The molecule has 1 aliphatic carbocycles. The molecule has 2 fully saturated rings. The van der Waals surface area contributed by atoms with Crippen LogP contribution < -0.4 is 10.6 Å². The van der Waals surface area contributed by atoms with Crippen molar-refractivity contribution in [2.75, 3.05) is 19.6 Å². The molecule has 0 unspecified atom stereocenters. The fourth-order valence-corrected chi connectivity index (χ4v) is 4.43. The first-order chi connectivity index (χ1) is 12.2. The van der Waals surface area contributed by atoms with E-state index in [2.05, 4.69) is 15.5 Å². The minimum atomic E-state index is 0.0274. The lowest BCUT2D eigenvalue weighted by Gasteiger charge is -2.32. The van der Waals surface area contributed by atoms with Crippen LogP contribution in [0.15, 0.2) is 17.5 Å². The molecule has 1 saturated carbocycles. The van der Waals surface area contributed by atoms with Gasteiger partial charge in [-0.05, 0) is 37.1 Å². The van der Waals surface area contributed by atoms with Gasteiger partial charge in [0.25, 0.3) is 5.91 Å². The smallest absolute Gasteiger partial charge is 0.261 e. The maximum Gasteiger partial charge on any atom is 0.261 e. The summed E-state index contributed by atoms with van der Waals surface area (Å²) >= 11 is 1.47. The summed E-state index contributed by atoms with van der Waals surface area (Å²) in [5.74, 6) is 0.188. The van der Waals surface area contributed by atoms with Crippen LogP contribution in [0, 0.1) is 0 Å². The van der Waals surface area contributed by atoms with Crippen molar-refractivity contribution in [1.29, 1.82) is 0 Å². The van der Waals surface area contributed by atoms with Crippen LogP contribution in [0.25, 0.3) is 0 Å². The first-order valence-corrected chi connectivity index (χ1v) is 10.4. The molecule has 2 aliphatic rings. The van der Waals surface area contributed by atoms with Gasteiger partial charge in [0.2, 0.25) is 5.91 Å². The molecule has 2 amide bonds. The van der Waals surface area contributed by atoms with E-state index in [1.165, 1.54) is 37.0 Å². The molecule has 1 aromatic rings. The molecule has 0 spiro atoms. The Balaban J connectivity index is 1.35. The van der Waals surface area contributed by atoms with Crippen LogP contribution in [0.4, 0.5) is 0 Å². The van der Waals surface area contributed by atoms with Crippen molar-refractivity contribution in [1.82, 2.24) is 15.5 Å². The summed E-state index contributed by atoms with van der Waals surface area (Å²) in [6.07, 6.45) is 9.15. The monoisotopic (exact) mass is 363 g/mol. The van der Waals surface area contributed by atoms with Crippen molar-refractivity contribution >= 4 is 23.2 Å². The van der Waals surface area contributed by atoms with E-state index in [4.69, 9.17) is 0 Å². The Morgan fingerprint density at radius 2 is 1.68 bits per heavy atom. The van der Waals surface area contributed by atoms with Crippen LogP contribution in [-0.2, 0) is 4.79 Å². The molecule has 1 aliphatic heterocycles. The molecule has 3 rings (SSSR count). The molecule has 25 heavy (non-hydrogen) atoms. The summed E-state index contributed by atoms with van der Waals surface area (Å²) in [5, 5.41) is 8.25. The minimum absolute atomic E-state index is 0.0274. The summed E-state index contributed by atoms with van der Waals surface area (Å²) in [5.41, 5.74) is 0. The highest BCUT2D eigenvalue weighted by Crippen LogP contribution is 2.17. The fourth-order valence-electron chi connectivity index (χ4n) is 3.80. The third kappa shape index (κ3) is 5.82. The summed E-state index contributed by atoms with van der Waals surface area (Å²) < 4.78 is 0. The highest BCUT2D eigenvalue weighted by atomic mass is 32.1. The van der Waals surface area contributed by atoms with E-state index < -0.39 is 0 Å². The van der Waals surface area contributed by atoms with Gasteiger partial charge in [-0.3, -0.25) is 14.5 Å². The van der Waals surface area contributed by atoms with Crippen molar-refractivity contribution < 1.29 is 9.59 Å². The number of carbonyl (C=O) groups is 2. The molecule has 0 aromatic carbocycles. The predicted octanol–water partition coefficient (Wildman–Crippen LogP) is 2.78. The highest BCUT2D eigenvalue weighted by Gasteiger charge is 2.23. The van der Waals surface area contributed by atoms with E-state index in [0.29, 0.717) is 12.6 Å². The number of hydrogen-bond acceptors (Lipinski definition) is 4. The van der Waals surface area contributed by atoms with Crippen molar-refractivity contribution in [2.45, 2.75) is 63.5 Å². The Labute approximate surface area is 154 Å². The zero-order valence-corrected chi connectivity index (χ0v) is 15.7. The van der Waals surface area contributed by atoms with Gasteiger partial charge in [0.05, 0.1) is 11.4 Å². The van der Waals surface area contributed by atoms with Gasteiger partial charge in [-0.15, -0.1) is 11.3 Å². The number of piperidine rings is 1. The Morgan fingerprint density at radius 1 is 1.00 bits per heavy atom. The SMILES string of the molecule is O=C(CN1CCC(NC(=O)c2cccs2)CC1)NC1CCCCCC1. The number of amides is 2. The quantitative estimate of drug-likeness (QED) is 0.791. The van der Waals surface area contributed by atoms with E-state index in [9.17, 15) is 9.59 Å². The van der Waals surface area contributed by atoms with Crippen molar-refractivity contribution in [2.24, 2.45) is 0 Å². The van der Waals surface area contributed by atoms with E-state index in [1.54, 1.807) is 0 Å². The van der Waals surface area contributed by atoms with Gasteiger partial charge in [0, 0.05) is 25.2 Å². The first kappa shape index (κ1) is 18.4. The third-order valence-electron chi connectivity index (χ3n) is 5.26. The Hall–Kier alpha value is -1.40. The topological polar surface area (TPSA) is 61.4 Å². The number of nitrogens with one attached hydrogen (secondary N) is 2. The molecule has 1 aromatic heterocycles. The number of rotatable bonds is 5. The van der Waals surface area contributed by atoms with Gasteiger partial charge in [0.15, 0.2) is 0 Å². The molecule has 138 valence electrons. The normalized spacial score (nSPS) is 20.8. The van der Waals surface area contributed by atoms with Crippen LogP contribution >= 0.6 is 11.3 Å². The van der Waals surface area contributed by atoms with Gasteiger partial charge in [-0.1, -0.05) is 31.7 Å². The lowest BCUT2D eigenvalue weighted by Crippen LogP contribution is -2.48. The van der Waals surface area contributed by atoms with Crippen LogP contribution in [0.3, 0.4) is 0 Å². The lowest BCUT2D eigenvalue weighted by atomic mass is 10.0. The standard InChI is InChI=1S/C19H29N3O2S/c23-18(20-15-6-3-1-2-4-7-15)14-22-11-9-16(10-12-22)21-19(24)17-8-5-13-25-17/h5,8,13,15-16H,1-4,6-7,9-12,14H2,(H,20,23)(H,21,24). The predicted molar refractivity (Wildman–Crippen MR) is 101 cm³/mol. The average Bonchev–Trinajstić information content (AvgIpc) is 3.03. The Kier molecular flexibility index (Phi) is 6.87. The number of hydrogen-bond donors (Lipinski definition) is 2. The van der Waals surface area contributed by atoms with E-state index in [1.807, 2.05) is 17.5 Å². The second-order valence-electron chi connectivity index (χ2n) is 7.26. The van der Waals surface area contributed by atoms with Gasteiger partial charge in [-0.25, -0.2) is 0 Å². The largest absolute Gasteiger partial charge is 0.352 e. The summed E-state index contributed by atoms with van der Waals surface area (Å²) in [7, 11) is 0. The molecule has 0 bridgehead atoms. The van der Waals surface area contributed by atoms with Crippen molar-refractivity contribution in [3.63, 3.8) is 0 Å². The summed E-state index contributed by atoms with van der Waals surface area (Å²) in [4.78, 5) is 27.4. The Morgan fingerprint density at radius 3 is 2.32 bits per heavy atom. The number of likely N-dealkylation sites (tertiary alicyclic amines) is 1. The van der Waals surface area contributed by atoms with Crippen LogP contribution in [0.1, 0.15) is 61.0 Å². The van der Waals surface area contributed by atoms with Gasteiger partial charge in [-0.2, -0.15) is 0 Å². The zero-order chi connectivity index (χ0) is 17.5. The maximum atomic E-state index is 12.3. The van der Waals surface area contributed by atoms with Crippen LogP contribution in [0.5, 0.6) is 0 Å². The number of carbonyl (C=O) groups excluding carboxylic acids is 2. The number of nitrogens with zero attached hydrogens (tertiary/aromatic N) is 1. The highest BCUT2D eigenvalue weighted by molar-refractivity contribution is 7.12. The van der Waals surface area contributed by atoms with Crippen LogP contribution in [0.2, 0.25) is 0 Å². The second kappa shape index (κ2) is 9.34. The van der Waals surface area contributed by atoms with Gasteiger partial charge in [0.1, 0.15) is 0 Å². The van der Waals surface area contributed by atoms with E-state index in [0.717, 1.165) is 43.6 Å². The fraction of sp³-hybridized carbons (Fsp3) is 0.684. The molecule has 0 atom stereocenters. The van der Waals surface area contributed by atoms with Gasteiger partial charge >= 0.3 is 0 Å². The summed E-state index contributed by atoms with van der Waals surface area (Å²) in [6, 6.07) is 4.34. The molecular formula is C19H29N3O2S. The molecule has 0 radical (unpaired) electrons. The Bertz CT molecular complexity index is 545.